The molecule has 6 heteroatoms. The van der Waals surface area contributed by atoms with Crippen molar-refractivity contribution in [3.05, 3.63) is 23.9 Å². The van der Waals surface area contributed by atoms with Gasteiger partial charge in [0.2, 0.25) is 5.91 Å². The van der Waals surface area contributed by atoms with Gasteiger partial charge in [-0.25, -0.2) is 4.98 Å². The highest BCUT2D eigenvalue weighted by atomic mass is 16.2. The van der Waals surface area contributed by atoms with Gasteiger partial charge in [-0.1, -0.05) is 13.8 Å². The van der Waals surface area contributed by atoms with Crippen molar-refractivity contribution < 1.29 is 9.59 Å². The predicted octanol–water partition coefficient (Wildman–Crippen LogP) is 3.01. The van der Waals surface area contributed by atoms with Gasteiger partial charge < -0.3 is 15.1 Å². The van der Waals surface area contributed by atoms with Crippen LogP contribution in [0.15, 0.2) is 18.3 Å². The zero-order chi connectivity index (χ0) is 19.2. The number of pyridine rings is 1. The number of nitrogens with one attached hydrogen (secondary N) is 1. The molecule has 0 bridgehead atoms. The SMILES string of the molecule is CC(C)CCNc1ccc(C(=O)N2CCC(CN3CCCC3=O)CC2)cn1. The number of aromatic nitrogens is 1. The van der Waals surface area contributed by atoms with E-state index in [1.165, 1.54) is 0 Å². The summed E-state index contributed by atoms with van der Waals surface area (Å²) in [5, 5.41) is 3.30. The Morgan fingerprint density at radius 1 is 1.26 bits per heavy atom. The molecule has 6 nitrogen and oxygen atoms in total. The molecule has 1 N–H and O–H groups in total. The van der Waals surface area contributed by atoms with Crippen molar-refractivity contribution in [2.24, 2.45) is 11.8 Å². The maximum Gasteiger partial charge on any atom is 0.255 e. The summed E-state index contributed by atoms with van der Waals surface area (Å²) in [6, 6.07) is 3.75. The number of likely N-dealkylation sites (tertiary alicyclic amines) is 2. The molecule has 1 aromatic heterocycles. The van der Waals surface area contributed by atoms with Crippen LogP contribution in [0.3, 0.4) is 0 Å². The first-order valence-electron chi connectivity index (χ1n) is 10.3. The predicted molar refractivity (Wildman–Crippen MR) is 107 cm³/mol. The lowest BCUT2D eigenvalue weighted by Gasteiger charge is -2.34. The van der Waals surface area contributed by atoms with Crippen LogP contribution in [-0.2, 0) is 4.79 Å². The van der Waals surface area contributed by atoms with E-state index in [1.54, 1.807) is 6.20 Å². The number of amides is 2. The van der Waals surface area contributed by atoms with Crippen LogP contribution in [0.2, 0.25) is 0 Å². The smallest absolute Gasteiger partial charge is 0.255 e. The molecular weight excluding hydrogens is 340 g/mol. The van der Waals surface area contributed by atoms with Crippen LogP contribution in [0.25, 0.3) is 0 Å². The van der Waals surface area contributed by atoms with Crippen molar-refractivity contribution >= 4 is 17.6 Å². The second-order valence-corrected chi connectivity index (χ2v) is 8.22. The number of anilines is 1. The zero-order valence-electron chi connectivity index (χ0n) is 16.6. The summed E-state index contributed by atoms with van der Waals surface area (Å²) in [6.45, 7) is 8.58. The molecular formula is C21H32N4O2. The van der Waals surface area contributed by atoms with Gasteiger partial charge in [0.15, 0.2) is 0 Å². The zero-order valence-corrected chi connectivity index (χ0v) is 16.6. The lowest BCUT2D eigenvalue weighted by Crippen LogP contribution is -2.41. The number of rotatable bonds is 7. The molecule has 3 heterocycles. The topological polar surface area (TPSA) is 65.5 Å². The van der Waals surface area contributed by atoms with Crippen LogP contribution in [0.4, 0.5) is 5.82 Å². The van der Waals surface area contributed by atoms with Crippen LogP contribution < -0.4 is 5.32 Å². The van der Waals surface area contributed by atoms with E-state index >= 15 is 0 Å². The molecule has 1 aromatic rings. The third kappa shape index (κ3) is 5.44. The quantitative estimate of drug-likeness (QED) is 0.799. The Morgan fingerprint density at radius 3 is 2.63 bits per heavy atom. The fourth-order valence-corrected chi connectivity index (χ4v) is 3.82. The average molecular weight is 373 g/mol. The van der Waals surface area contributed by atoms with Crippen LogP contribution in [-0.4, -0.2) is 59.3 Å². The van der Waals surface area contributed by atoms with Crippen molar-refractivity contribution in [1.29, 1.82) is 0 Å². The summed E-state index contributed by atoms with van der Waals surface area (Å²) >= 11 is 0. The van der Waals surface area contributed by atoms with E-state index in [0.29, 0.717) is 29.7 Å². The Balaban J connectivity index is 1.45. The molecule has 0 unspecified atom stereocenters. The molecule has 0 aromatic carbocycles. The molecule has 148 valence electrons. The van der Waals surface area contributed by atoms with Crippen LogP contribution in [0.1, 0.15) is 56.3 Å². The van der Waals surface area contributed by atoms with Crippen molar-refractivity contribution in [2.45, 2.75) is 46.0 Å². The Labute approximate surface area is 162 Å². The summed E-state index contributed by atoms with van der Waals surface area (Å²) in [4.78, 5) is 32.8. The number of nitrogens with zero attached hydrogens (tertiary/aromatic N) is 3. The van der Waals surface area contributed by atoms with Gasteiger partial charge in [0.05, 0.1) is 5.56 Å². The van der Waals surface area contributed by atoms with Gasteiger partial charge in [-0.15, -0.1) is 0 Å². The fourth-order valence-electron chi connectivity index (χ4n) is 3.82. The van der Waals surface area contributed by atoms with Crippen molar-refractivity contribution in [3.8, 4) is 0 Å². The van der Waals surface area contributed by atoms with Crippen LogP contribution >= 0.6 is 0 Å². The lowest BCUT2D eigenvalue weighted by atomic mass is 9.96. The van der Waals surface area contributed by atoms with Gasteiger partial charge in [-0.05, 0) is 49.7 Å². The molecule has 2 aliphatic rings. The normalized spacial score (nSPS) is 18.4. The Hall–Kier alpha value is -2.11. The minimum atomic E-state index is 0.0620. The molecule has 2 fully saturated rings. The van der Waals surface area contributed by atoms with Gasteiger partial charge in [0.25, 0.3) is 5.91 Å². The highest BCUT2D eigenvalue weighted by molar-refractivity contribution is 5.94. The van der Waals surface area contributed by atoms with E-state index in [1.807, 2.05) is 21.9 Å². The van der Waals surface area contributed by atoms with Crippen LogP contribution in [0.5, 0.6) is 0 Å². The van der Waals surface area contributed by atoms with E-state index in [-0.39, 0.29) is 5.91 Å². The van der Waals surface area contributed by atoms with Crippen molar-refractivity contribution in [1.82, 2.24) is 14.8 Å². The average Bonchev–Trinajstić information content (AvgIpc) is 3.07. The molecule has 3 rings (SSSR count). The second kappa shape index (κ2) is 9.20. The molecule has 2 amide bonds. The first kappa shape index (κ1) is 19.6. The highest BCUT2D eigenvalue weighted by Crippen LogP contribution is 2.22. The number of carbonyl (C=O) groups is 2. The summed E-state index contributed by atoms with van der Waals surface area (Å²) < 4.78 is 0. The molecule has 0 spiro atoms. The van der Waals surface area contributed by atoms with E-state index in [4.69, 9.17) is 0 Å². The molecule has 0 radical (unpaired) electrons. The fraction of sp³-hybridized carbons (Fsp3) is 0.667. The van der Waals surface area contributed by atoms with Crippen molar-refractivity contribution in [3.63, 3.8) is 0 Å². The van der Waals surface area contributed by atoms with Gasteiger partial charge in [0.1, 0.15) is 5.82 Å². The number of hydrogen-bond acceptors (Lipinski definition) is 4. The first-order valence-corrected chi connectivity index (χ1v) is 10.3. The minimum absolute atomic E-state index is 0.0620. The van der Waals surface area contributed by atoms with Gasteiger partial charge in [-0.2, -0.15) is 0 Å². The Kier molecular flexibility index (Phi) is 6.69. The molecule has 0 aliphatic carbocycles. The highest BCUT2D eigenvalue weighted by Gasteiger charge is 2.28. The number of carbonyl (C=O) groups excluding carboxylic acids is 2. The standard InChI is InChI=1S/C21H32N4O2/c1-16(2)7-10-22-19-6-5-18(14-23-19)21(27)24-12-8-17(9-13-24)15-25-11-3-4-20(25)26/h5-6,14,16-17H,3-4,7-13,15H2,1-2H3,(H,22,23). The van der Waals surface area contributed by atoms with E-state index in [2.05, 4.69) is 24.1 Å². The summed E-state index contributed by atoms with van der Waals surface area (Å²) in [7, 11) is 0. The lowest BCUT2D eigenvalue weighted by molar-refractivity contribution is -0.128. The molecule has 27 heavy (non-hydrogen) atoms. The maximum absolute atomic E-state index is 12.7. The maximum atomic E-state index is 12.7. The Morgan fingerprint density at radius 2 is 2.04 bits per heavy atom. The monoisotopic (exact) mass is 372 g/mol. The first-order chi connectivity index (χ1) is 13.0. The number of piperidine rings is 1. The third-order valence-electron chi connectivity index (χ3n) is 5.59. The molecule has 2 saturated heterocycles. The largest absolute Gasteiger partial charge is 0.370 e. The van der Waals surface area contributed by atoms with E-state index in [0.717, 1.165) is 64.2 Å². The van der Waals surface area contributed by atoms with Gasteiger partial charge >= 0.3 is 0 Å². The van der Waals surface area contributed by atoms with Crippen molar-refractivity contribution in [2.75, 3.05) is 38.0 Å². The molecule has 0 saturated carbocycles. The minimum Gasteiger partial charge on any atom is -0.370 e. The second-order valence-electron chi connectivity index (χ2n) is 8.22. The summed E-state index contributed by atoms with van der Waals surface area (Å²) in [5.74, 6) is 2.35. The summed E-state index contributed by atoms with van der Waals surface area (Å²) in [5.41, 5.74) is 0.651. The molecule has 0 atom stereocenters. The van der Waals surface area contributed by atoms with Gasteiger partial charge in [-0.3, -0.25) is 9.59 Å². The van der Waals surface area contributed by atoms with Gasteiger partial charge in [0, 0.05) is 45.3 Å². The molecule has 2 aliphatic heterocycles. The number of hydrogen-bond donors (Lipinski definition) is 1. The van der Waals surface area contributed by atoms with E-state index < -0.39 is 0 Å². The summed E-state index contributed by atoms with van der Waals surface area (Å²) in [6.07, 6.45) is 6.41. The van der Waals surface area contributed by atoms with Crippen LogP contribution in [0, 0.1) is 11.8 Å². The van der Waals surface area contributed by atoms with E-state index in [9.17, 15) is 9.59 Å². The third-order valence-corrected chi connectivity index (χ3v) is 5.59. The Bertz CT molecular complexity index is 636.